The third kappa shape index (κ3) is 4.98. The molecule has 2 aliphatic heterocycles. The van der Waals surface area contributed by atoms with Crippen LogP contribution in [-0.4, -0.2) is 36.6 Å². The van der Waals surface area contributed by atoms with E-state index in [4.69, 9.17) is 28.7 Å². The predicted octanol–water partition coefficient (Wildman–Crippen LogP) is 4.58. The van der Waals surface area contributed by atoms with E-state index in [1.54, 1.807) is 0 Å². The summed E-state index contributed by atoms with van der Waals surface area (Å²) in [5, 5.41) is 0. The molecule has 1 saturated heterocycles. The zero-order valence-electron chi connectivity index (χ0n) is 20.2. The molecule has 2 saturated carbocycles. The van der Waals surface area contributed by atoms with Crippen LogP contribution in [0.5, 0.6) is 0 Å². The lowest BCUT2D eigenvalue weighted by Crippen LogP contribution is -2.59. The van der Waals surface area contributed by atoms with Gasteiger partial charge in [0.15, 0.2) is 0 Å². The lowest BCUT2D eigenvalue weighted by Gasteiger charge is -2.46. The smallest absolute Gasteiger partial charge is 0.346 e. The maximum Gasteiger partial charge on any atom is 0.346 e. The van der Waals surface area contributed by atoms with Gasteiger partial charge in [-0.2, -0.15) is 4.89 Å². The van der Waals surface area contributed by atoms with Gasteiger partial charge in [-0.15, -0.1) is 0 Å². The summed E-state index contributed by atoms with van der Waals surface area (Å²) in [6.07, 6.45) is 9.65. The highest BCUT2D eigenvalue weighted by Gasteiger charge is 2.64. The highest BCUT2D eigenvalue weighted by Crippen LogP contribution is 2.48. The van der Waals surface area contributed by atoms with Crippen molar-refractivity contribution in [2.45, 2.75) is 109 Å². The van der Waals surface area contributed by atoms with Crippen LogP contribution in [-0.2, 0) is 43.1 Å². The Morgan fingerprint density at radius 1 is 0.727 bits per heavy atom. The van der Waals surface area contributed by atoms with Crippen molar-refractivity contribution in [1.82, 2.24) is 0 Å². The number of esters is 3. The van der Waals surface area contributed by atoms with Crippen molar-refractivity contribution in [3.8, 4) is 0 Å². The Labute approximate surface area is 195 Å². The van der Waals surface area contributed by atoms with Crippen molar-refractivity contribution in [3.05, 3.63) is 11.5 Å². The highest BCUT2D eigenvalue weighted by atomic mass is 17.2. The van der Waals surface area contributed by atoms with Crippen LogP contribution in [0.4, 0.5) is 0 Å². The zero-order valence-corrected chi connectivity index (χ0v) is 20.2. The molecule has 9 nitrogen and oxygen atoms in total. The van der Waals surface area contributed by atoms with Crippen LogP contribution in [0.3, 0.4) is 0 Å². The number of carbonyl (C=O) groups is 3. The molecule has 9 heteroatoms. The Bertz CT molecular complexity index is 751. The molecule has 4 rings (SSSR count). The zero-order chi connectivity index (χ0) is 24.1. The van der Waals surface area contributed by atoms with Crippen molar-refractivity contribution in [2.75, 3.05) is 7.11 Å². The molecule has 33 heavy (non-hydrogen) atoms. The molecule has 0 N–H and O–H groups in total. The molecule has 186 valence electrons. The van der Waals surface area contributed by atoms with Gasteiger partial charge < -0.3 is 18.9 Å². The Balaban J connectivity index is 0.000000709. The van der Waals surface area contributed by atoms with E-state index < -0.39 is 40.5 Å². The number of carbonyl (C=O) groups excluding carboxylic acids is 3. The third-order valence-electron chi connectivity index (χ3n) is 6.73. The first-order valence-corrected chi connectivity index (χ1v) is 12.1. The van der Waals surface area contributed by atoms with E-state index in [0.717, 1.165) is 38.5 Å². The third-order valence-corrected chi connectivity index (χ3v) is 6.73. The summed E-state index contributed by atoms with van der Waals surface area (Å²) in [7, 11) is 1.23. The SMILES string of the molecule is CCCC.COOC1=C(C2(C)C(=O)OC3(CCCCC3)OC2=O)C(=O)OC2(CCCCC2)O1. The average Bonchev–Trinajstić information content (AvgIpc) is 2.79. The maximum atomic E-state index is 13.0. The largest absolute Gasteiger partial charge is 0.421 e. The van der Waals surface area contributed by atoms with Gasteiger partial charge in [0.25, 0.3) is 11.6 Å². The van der Waals surface area contributed by atoms with Crippen LogP contribution in [0.15, 0.2) is 11.5 Å². The summed E-state index contributed by atoms with van der Waals surface area (Å²) in [5.74, 6) is -5.46. The van der Waals surface area contributed by atoms with E-state index in [-0.39, 0.29) is 5.95 Å². The van der Waals surface area contributed by atoms with Crippen LogP contribution in [0, 0.1) is 5.41 Å². The average molecular weight is 469 g/mol. The molecule has 0 aromatic carbocycles. The second kappa shape index (κ2) is 10.3. The van der Waals surface area contributed by atoms with E-state index in [2.05, 4.69) is 13.8 Å². The van der Waals surface area contributed by atoms with Gasteiger partial charge in [-0.05, 0) is 32.6 Å². The summed E-state index contributed by atoms with van der Waals surface area (Å²) in [5.41, 5.74) is -2.49. The highest BCUT2D eigenvalue weighted by molar-refractivity contribution is 6.12. The van der Waals surface area contributed by atoms with Crippen LogP contribution in [0.2, 0.25) is 0 Å². The van der Waals surface area contributed by atoms with E-state index in [1.165, 1.54) is 26.9 Å². The lowest BCUT2D eigenvalue weighted by molar-refractivity contribution is -0.328. The van der Waals surface area contributed by atoms with E-state index in [1.807, 2.05) is 0 Å². The summed E-state index contributed by atoms with van der Waals surface area (Å²) < 4.78 is 22.6. The molecule has 0 aromatic heterocycles. The monoisotopic (exact) mass is 468 g/mol. The predicted molar refractivity (Wildman–Crippen MR) is 115 cm³/mol. The van der Waals surface area contributed by atoms with Crippen molar-refractivity contribution in [3.63, 3.8) is 0 Å². The summed E-state index contributed by atoms with van der Waals surface area (Å²) in [6.45, 7) is 5.62. The second-order valence-electron chi connectivity index (χ2n) is 9.25. The number of ether oxygens (including phenoxy) is 4. The van der Waals surface area contributed by atoms with Gasteiger partial charge in [0.1, 0.15) is 5.57 Å². The Hall–Kier alpha value is -2.29. The molecule has 2 heterocycles. The standard InChI is InChI=1S/C20H26O9.C4H10/c1-18(16(22)27-20(28-17(18)23)11-7-4-8-12-20)13-14(21)25-19(9-5-3-6-10-19)26-15(13)29-24-2;1-3-4-2/h3-12H2,1-2H3;3-4H2,1-2H3. The van der Waals surface area contributed by atoms with Gasteiger partial charge >= 0.3 is 23.9 Å². The van der Waals surface area contributed by atoms with Gasteiger partial charge in [-0.25, -0.2) is 4.79 Å². The first-order chi connectivity index (χ1) is 15.8. The minimum Gasteiger partial charge on any atom is -0.421 e. The number of hydrogen-bond donors (Lipinski definition) is 0. The van der Waals surface area contributed by atoms with Gasteiger partial charge in [0.2, 0.25) is 5.41 Å². The fourth-order valence-corrected chi connectivity index (χ4v) is 4.53. The Morgan fingerprint density at radius 2 is 1.18 bits per heavy atom. The molecule has 0 radical (unpaired) electrons. The summed E-state index contributed by atoms with van der Waals surface area (Å²) >= 11 is 0. The molecule has 0 amide bonds. The molecule has 2 aliphatic carbocycles. The van der Waals surface area contributed by atoms with Gasteiger partial charge in [0, 0.05) is 25.7 Å². The van der Waals surface area contributed by atoms with E-state index in [0.29, 0.717) is 25.7 Å². The van der Waals surface area contributed by atoms with Crippen molar-refractivity contribution in [2.24, 2.45) is 5.41 Å². The minimum absolute atomic E-state index is 0.360. The molecule has 0 atom stereocenters. The Kier molecular flexibility index (Phi) is 7.92. The molecular weight excluding hydrogens is 432 g/mol. The minimum atomic E-state index is -2.08. The molecule has 0 aromatic rings. The van der Waals surface area contributed by atoms with Crippen LogP contribution in [0.25, 0.3) is 0 Å². The molecule has 3 fully saturated rings. The summed E-state index contributed by atoms with van der Waals surface area (Å²) in [6, 6.07) is 0. The van der Waals surface area contributed by atoms with Crippen LogP contribution >= 0.6 is 0 Å². The quantitative estimate of drug-likeness (QED) is 0.253. The van der Waals surface area contributed by atoms with E-state index >= 15 is 0 Å². The number of hydrogen-bond acceptors (Lipinski definition) is 9. The van der Waals surface area contributed by atoms with Gasteiger partial charge in [-0.1, -0.05) is 39.5 Å². The first kappa shape index (κ1) is 25.3. The van der Waals surface area contributed by atoms with Crippen molar-refractivity contribution >= 4 is 17.9 Å². The molecule has 0 bridgehead atoms. The molecule has 0 unspecified atom stereocenters. The first-order valence-electron chi connectivity index (χ1n) is 12.1. The number of rotatable bonds is 4. The van der Waals surface area contributed by atoms with Gasteiger partial charge in [-0.3, -0.25) is 14.5 Å². The Morgan fingerprint density at radius 3 is 1.61 bits per heavy atom. The van der Waals surface area contributed by atoms with Crippen molar-refractivity contribution < 1.29 is 43.1 Å². The fourth-order valence-electron chi connectivity index (χ4n) is 4.53. The molecule has 4 aliphatic rings. The molecule has 2 spiro atoms. The van der Waals surface area contributed by atoms with Crippen LogP contribution < -0.4 is 0 Å². The van der Waals surface area contributed by atoms with Gasteiger partial charge in [0.05, 0.1) is 7.11 Å². The summed E-state index contributed by atoms with van der Waals surface area (Å²) in [4.78, 5) is 48.9. The fraction of sp³-hybridized carbons (Fsp3) is 0.792. The maximum absolute atomic E-state index is 13.0. The normalized spacial score (nSPS) is 25.3. The topological polar surface area (TPSA) is 107 Å². The van der Waals surface area contributed by atoms with Crippen LogP contribution in [0.1, 0.15) is 97.8 Å². The molecular formula is C24H36O9. The van der Waals surface area contributed by atoms with E-state index in [9.17, 15) is 14.4 Å². The van der Waals surface area contributed by atoms with Crippen molar-refractivity contribution in [1.29, 1.82) is 0 Å². The number of unbranched alkanes of at least 4 members (excludes halogenated alkanes) is 1. The second-order valence-corrected chi connectivity index (χ2v) is 9.25. The lowest BCUT2D eigenvalue weighted by atomic mass is 9.79.